The summed E-state index contributed by atoms with van der Waals surface area (Å²) >= 11 is 3.56. The number of benzene rings is 1. The van der Waals surface area contributed by atoms with Crippen LogP contribution in [0.2, 0.25) is 0 Å². The molecule has 4 heteroatoms. The van der Waals surface area contributed by atoms with Crippen LogP contribution in [0.15, 0.2) is 22.7 Å². The number of hydrogen-bond donors (Lipinski definition) is 1. The van der Waals surface area contributed by atoms with E-state index in [2.05, 4.69) is 22.0 Å². The highest BCUT2D eigenvalue weighted by Crippen LogP contribution is 2.50. The Balaban J connectivity index is 2.29. The maximum Gasteiger partial charge on any atom is 0.120 e. The quantitative estimate of drug-likeness (QED) is 0.856. The van der Waals surface area contributed by atoms with E-state index in [9.17, 15) is 0 Å². The molecule has 1 aliphatic carbocycles. The molecule has 1 aliphatic rings. The van der Waals surface area contributed by atoms with Crippen LogP contribution in [0.4, 0.5) is 0 Å². The molecule has 0 amide bonds. The van der Waals surface area contributed by atoms with E-state index in [0.717, 1.165) is 23.1 Å². The van der Waals surface area contributed by atoms with Crippen LogP contribution in [0.5, 0.6) is 5.75 Å². The molecule has 0 heterocycles. The van der Waals surface area contributed by atoms with E-state index >= 15 is 0 Å². The molecule has 82 valence electrons. The molecular formula is C11H14BrNO2. The summed E-state index contributed by atoms with van der Waals surface area (Å²) in [7, 11) is 1.66. The van der Waals surface area contributed by atoms with Crippen LogP contribution in [0.3, 0.4) is 0 Å². The summed E-state index contributed by atoms with van der Waals surface area (Å²) in [6, 6.07) is 6.03. The normalized spacial score (nSPS) is 17.5. The summed E-state index contributed by atoms with van der Waals surface area (Å²) in [5.74, 6) is 6.01. The monoisotopic (exact) mass is 271 g/mol. The number of ether oxygens (including phenoxy) is 1. The zero-order valence-electron chi connectivity index (χ0n) is 8.63. The van der Waals surface area contributed by atoms with Crippen LogP contribution < -0.4 is 10.6 Å². The number of nitrogens with two attached hydrogens (primary N) is 1. The van der Waals surface area contributed by atoms with E-state index in [1.165, 1.54) is 5.56 Å². The van der Waals surface area contributed by atoms with Gasteiger partial charge >= 0.3 is 0 Å². The molecule has 0 unspecified atom stereocenters. The Morgan fingerprint density at radius 3 is 2.67 bits per heavy atom. The van der Waals surface area contributed by atoms with Gasteiger partial charge < -0.3 is 9.57 Å². The number of rotatable bonds is 4. The first kappa shape index (κ1) is 10.9. The van der Waals surface area contributed by atoms with E-state index in [1.54, 1.807) is 7.11 Å². The second-order valence-corrected chi connectivity index (χ2v) is 4.79. The van der Waals surface area contributed by atoms with Gasteiger partial charge in [-0.05, 0) is 30.5 Å². The minimum atomic E-state index is 0.125. The first-order chi connectivity index (χ1) is 7.22. The van der Waals surface area contributed by atoms with Crippen LogP contribution in [0.25, 0.3) is 0 Å². The van der Waals surface area contributed by atoms with Crippen molar-refractivity contribution in [3.63, 3.8) is 0 Å². The second kappa shape index (κ2) is 4.12. The lowest BCUT2D eigenvalue weighted by Gasteiger charge is -2.16. The molecule has 0 bridgehead atoms. The molecule has 0 radical (unpaired) electrons. The minimum absolute atomic E-state index is 0.125. The standard InChI is InChI=1S/C11H14BrNO2/c1-14-8-2-3-9(10(12)6-8)11(4-5-11)7-15-13/h2-3,6H,4-5,7,13H2,1H3. The molecule has 0 atom stereocenters. The third-order valence-corrected chi connectivity index (χ3v) is 3.62. The van der Waals surface area contributed by atoms with Crippen LogP contribution >= 0.6 is 15.9 Å². The number of methoxy groups -OCH3 is 1. The van der Waals surface area contributed by atoms with Gasteiger partial charge in [0.1, 0.15) is 5.75 Å². The Hall–Kier alpha value is -0.580. The highest BCUT2D eigenvalue weighted by atomic mass is 79.9. The van der Waals surface area contributed by atoms with Crippen molar-refractivity contribution in [3.8, 4) is 5.75 Å². The molecule has 3 nitrogen and oxygen atoms in total. The maximum absolute atomic E-state index is 5.16. The SMILES string of the molecule is COc1ccc(C2(CON)CC2)c(Br)c1. The van der Waals surface area contributed by atoms with Crippen molar-refractivity contribution in [1.82, 2.24) is 0 Å². The fraction of sp³-hybridized carbons (Fsp3) is 0.455. The average Bonchev–Trinajstić information content (AvgIpc) is 2.99. The fourth-order valence-electron chi connectivity index (χ4n) is 1.85. The van der Waals surface area contributed by atoms with Gasteiger partial charge in [-0.3, -0.25) is 0 Å². The highest BCUT2D eigenvalue weighted by molar-refractivity contribution is 9.10. The fourth-order valence-corrected chi connectivity index (χ4v) is 2.63. The molecular weight excluding hydrogens is 258 g/mol. The second-order valence-electron chi connectivity index (χ2n) is 3.94. The van der Waals surface area contributed by atoms with Crippen LogP contribution in [0, 0.1) is 0 Å². The van der Waals surface area contributed by atoms with Crippen molar-refractivity contribution >= 4 is 15.9 Å². The molecule has 15 heavy (non-hydrogen) atoms. The molecule has 1 aromatic carbocycles. The first-order valence-electron chi connectivity index (χ1n) is 4.87. The number of halogens is 1. The van der Waals surface area contributed by atoms with Gasteiger partial charge in [-0.2, -0.15) is 0 Å². The molecule has 0 aliphatic heterocycles. The first-order valence-corrected chi connectivity index (χ1v) is 5.67. The van der Waals surface area contributed by atoms with Gasteiger partial charge in [-0.1, -0.05) is 22.0 Å². The molecule has 2 rings (SSSR count). The summed E-state index contributed by atoms with van der Waals surface area (Å²) in [6.07, 6.45) is 2.27. The Bertz CT molecular complexity index is 364. The van der Waals surface area contributed by atoms with Crippen molar-refractivity contribution in [2.24, 2.45) is 5.90 Å². The van der Waals surface area contributed by atoms with Crippen LogP contribution in [0.1, 0.15) is 18.4 Å². The van der Waals surface area contributed by atoms with Gasteiger partial charge in [-0.15, -0.1) is 0 Å². The van der Waals surface area contributed by atoms with Gasteiger partial charge in [0, 0.05) is 9.89 Å². The molecule has 1 aromatic rings. The third kappa shape index (κ3) is 2.02. The third-order valence-electron chi connectivity index (χ3n) is 2.96. The summed E-state index contributed by atoms with van der Waals surface area (Å²) in [4.78, 5) is 4.78. The van der Waals surface area contributed by atoms with E-state index < -0.39 is 0 Å². The topological polar surface area (TPSA) is 44.5 Å². The zero-order valence-corrected chi connectivity index (χ0v) is 10.2. The zero-order chi connectivity index (χ0) is 10.9. The van der Waals surface area contributed by atoms with E-state index in [-0.39, 0.29) is 5.41 Å². The van der Waals surface area contributed by atoms with Crippen LogP contribution in [-0.2, 0) is 10.3 Å². The Labute approximate surface area is 97.6 Å². The summed E-state index contributed by atoms with van der Waals surface area (Å²) in [5.41, 5.74) is 1.38. The maximum atomic E-state index is 5.16. The van der Waals surface area contributed by atoms with Crippen molar-refractivity contribution in [1.29, 1.82) is 0 Å². The molecule has 2 N–H and O–H groups in total. The van der Waals surface area contributed by atoms with Crippen molar-refractivity contribution in [2.75, 3.05) is 13.7 Å². The number of hydrogen-bond acceptors (Lipinski definition) is 3. The summed E-state index contributed by atoms with van der Waals surface area (Å²) in [6.45, 7) is 0.581. The summed E-state index contributed by atoms with van der Waals surface area (Å²) in [5, 5.41) is 0. The van der Waals surface area contributed by atoms with Gasteiger partial charge in [0.2, 0.25) is 0 Å². The van der Waals surface area contributed by atoms with E-state index in [0.29, 0.717) is 6.61 Å². The average molecular weight is 272 g/mol. The lowest BCUT2D eigenvalue weighted by molar-refractivity contribution is 0.116. The summed E-state index contributed by atoms with van der Waals surface area (Å²) < 4.78 is 6.22. The Kier molecular flexibility index (Phi) is 3.00. The van der Waals surface area contributed by atoms with Crippen molar-refractivity contribution in [2.45, 2.75) is 18.3 Å². The highest BCUT2D eigenvalue weighted by Gasteiger charge is 2.45. The van der Waals surface area contributed by atoms with Crippen molar-refractivity contribution in [3.05, 3.63) is 28.2 Å². The van der Waals surface area contributed by atoms with Gasteiger partial charge in [0.05, 0.1) is 13.7 Å². The lowest BCUT2D eigenvalue weighted by Crippen LogP contribution is -2.18. The lowest BCUT2D eigenvalue weighted by atomic mass is 9.97. The molecule has 0 saturated heterocycles. The molecule has 0 spiro atoms. The van der Waals surface area contributed by atoms with E-state index in [1.807, 2.05) is 12.1 Å². The van der Waals surface area contributed by atoms with Crippen molar-refractivity contribution < 1.29 is 9.57 Å². The molecule has 1 fully saturated rings. The minimum Gasteiger partial charge on any atom is -0.497 e. The molecule has 1 saturated carbocycles. The molecule has 0 aromatic heterocycles. The Morgan fingerprint density at radius 2 is 2.20 bits per heavy atom. The predicted octanol–water partition coefficient (Wildman–Crippen LogP) is 2.38. The van der Waals surface area contributed by atoms with E-state index in [4.69, 9.17) is 15.5 Å². The van der Waals surface area contributed by atoms with Crippen LogP contribution in [-0.4, -0.2) is 13.7 Å². The van der Waals surface area contributed by atoms with Gasteiger partial charge in [-0.25, -0.2) is 5.90 Å². The Morgan fingerprint density at radius 1 is 1.47 bits per heavy atom. The van der Waals surface area contributed by atoms with Gasteiger partial charge in [0.25, 0.3) is 0 Å². The predicted molar refractivity (Wildman–Crippen MR) is 61.7 cm³/mol. The van der Waals surface area contributed by atoms with Gasteiger partial charge in [0.15, 0.2) is 0 Å². The smallest absolute Gasteiger partial charge is 0.120 e. The largest absolute Gasteiger partial charge is 0.497 e.